The van der Waals surface area contributed by atoms with Crippen LogP contribution in [0.15, 0.2) is 18.2 Å². The highest BCUT2D eigenvalue weighted by Crippen LogP contribution is 2.32. The lowest BCUT2D eigenvalue weighted by Crippen LogP contribution is -2.31. The molecule has 0 saturated carbocycles. The van der Waals surface area contributed by atoms with Crippen molar-refractivity contribution < 1.29 is 14.7 Å². The second-order valence-electron chi connectivity index (χ2n) is 4.39. The number of anilines is 1. The van der Waals surface area contributed by atoms with Crippen molar-refractivity contribution in [1.82, 2.24) is 0 Å². The molecule has 2 rings (SSSR count). The van der Waals surface area contributed by atoms with Crippen molar-refractivity contribution in [2.75, 3.05) is 17.2 Å². The summed E-state index contributed by atoms with van der Waals surface area (Å²) in [4.78, 5) is 25.4. The molecule has 1 heterocycles. The Morgan fingerprint density at radius 1 is 1.47 bits per heavy atom. The van der Waals surface area contributed by atoms with Crippen molar-refractivity contribution in [3.05, 3.63) is 23.8 Å². The molecule has 102 valence electrons. The standard InChI is InChI=1S/C13H16N2O3S/c1-8-6-9(16)2-3-10(8)15-12(17)7-11(13(15)18)19-5-4-14/h2-3,6,11,16H,4-5,7,14H2,1H3. The number of imide groups is 1. The van der Waals surface area contributed by atoms with Crippen LogP contribution in [0.1, 0.15) is 12.0 Å². The second kappa shape index (κ2) is 5.63. The number of carbonyl (C=O) groups is 2. The first-order chi connectivity index (χ1) is 9.04. The number of thioether (sulfide) groups is 1. The molecule has 3 N–H and O–H groups in total. The summed E-state index contributed by atoms with van der Waals surface area (Å²) in [6, 6.07) is 4.61. The van der Waals surface area contributed by atoms with Gasteiger partial charge in [0.15, 0.2) is 0 Å². The topological polar surface area (TPSA) is 83.6 Å². The van der Waals surface area contributed by atoms with Gasteiger partial charge < -0.3 is 10.8 Å². The average Bonchev–Trinajstić information content (AvgIpc) is 2.63. The van der Waals surface area contributed by atoms with E-state index in [0.717, 1.165) is 0 Å². The number of phenols is 1. The number of nitrogens with zero attached hydrogens (tertiary/aromatic N) is 1. The Bertz CT molecular complexity index is 519. The quantitative estimate of drug-likeness (QED) is 0.805. The fraction of sp³-hybridized carbons (Fsp3) is 0.385. The Labute approximate surface area is 115 Å². The number of rotatable bonds is 4. The van der Waals surface area contributed by atoms with Crippen LogP contribution in [-0.4, -0.2) is 34.5 Å². The Kier molecular flexibility index (Phi) is 4.11. The van der Waals surface area contributed by atoms with Crippen LogP contribution in [0.2, 0.25) is 0 Å². The van der Waals surface area contributed by atoms with Gasteiger partial charge in [-0.15, -0.1) is 11.8 Å². The third-order valence-corrected chi connectivity index (χ3v) is 4.21. The van der Waals surface area contributed by atoms with E-state index in [1.807, 2.05) is 0 Å². The summed E-state index contributed by atoms with van der Waals surface area (Å²) in [5, 5.41) is 9.03. The van der Waals surface area contributed by atoms with Crippen molar-refractivity contribution >= 4 is 29.3 Å². The van der Waals surface area contributed by atoms with Crippen LogP contribution in [0.4, 0.5) is 5.69 Å². The molecule has 0 aliphatic carbocycles. The summed E-state index contributed by atoms with van der Waals surface area (Å²) >= 11 is 1.42. The number of nitrogens with two attached hydrogens (primary N) is 1. The Balaban J connectivity index is 2.25. The molecule has 1 aliphatic rings. The van der Waals surface area contributed by atoms with Crippen LogP contribution < -0.4 is 10.6 Å². The summed E-state index contributed by atoms with van der Waals surface area (Å²) in [7, 11) is 0. The summed E-state index contributed by atoms with van der Waals surface area (Å²) in [6.07, 6.45) is 0.212. The number of carbonyl (C=O) groups excluding carboxylic acids is 2. The number of aryl methyl sites for hydroxylation is 1. The first-order valence-electron chi connectivity index (χ1n) is 6.02. The van der Waals surface area contributed by atoms with Crippen molar-refractivity contribution in [3.63, 3.8) is 0 Å². The number of phenolic OH excluding ortho intramolecular Hbond substituents is 1. The second-order valence-corrected chi connectivity index (χ2v) is 5.70. The normalized spacial score (nSPS) is 19.3. The van der Waals surface area contributed by atoms with Gasteiger partial charge in [-0.05, 0) is 30.7 Å². The molecule has 1 aliphatic heterocycles. The van der Waals surface area contributed by atoms with Gasteiger partial charge in [0.2, 0.25) is 11.8 Å². The maximum absolute atomic E-state index is 12.2. The third-order valence-electron chi connectivity index (χ3n) is 2.96. The van der Waals surface area contributed by atoms with Gasteiger partial charge in [0, 0.05) is 18.7 Å². The molecule has 1 aromatic rings. The summed E-state index contributed by atoms with van der Waals surface area (Å²) < 4.78 is 0. The number of benzene rings is 1. The zero-order chi connectivity index (χ0) is 14.0. The highest BCUT2D eigenvalue weighted by Gasteiger charge is 2.40. The molecule has 0 aromatic heterocycles. The summed E-state index contributed by atoms with van der Waals surface area (Å²) in [5.41, 5.74) is 6.66. The van der Waals surface area contributed by atoms with Crippen LogP contribution in [0.5, 0.6) is 5.75 Å². The first kappa shape index (κ1) is 13.9. The first-order valence-corrected chi connectivity index (χ1v) is 7.07. The third kappa shape index (κ3) is 2.74. The molecule has 1 aromatic carbocycles. The van der Waals surface area contributed by atoms with Crippen molar-refractivity contribution in [2.45, 2.75) is 18.6 Å². The van der Waals surface area contributed by atoms with E-state index in [2.05, 4.69) is 0 Å². The van der Waals surface area contributed by atoms with Gasteiger partial charge >= 0.3 is 0 Å². The average molecular weight is 280 g/mol. The van der Waals surface area contributed by atoms with Gasteiger partial charge in [0.05, 0.1) is 10.9 Å². The van der Waals surface area contributed by atoms with Crippen molar-refractivity contribution in [1.29, 1.82) is 0 Å². The largest absolute Gasteiger partial charge is 0.508 e. The number of hydrogen-bond donors (Lipinski definition) is 2. The molecule has 0 spiro atoms. The van der Waals surface area contributed by atoms with Crippen molar-refractivity contribution in [3.8, 4) is 5.75 Å². The fourth-order valence-corrected chi connectivity index (χ4v) is 3.02. The lowest BCUT2D eigenvalue weighted by atomic mass is 10.1. The number of hydrogen-bond acceptors (Lipinski definition) is 5. The Hall–Kier alpha value is -1.53. The minimum atomic E-state index is -0.343. The highest BCUT2D eigenvalue weighted by atomic mass is 32.2. The van der Waals surface area contributed by atoms with E-state index in [9.17, 15) is 14.7 Å². The van der Waals surface area contributed by atoms with Gasteiger partial charge in [0.1, 0.15) is 5.75 Å². The van der Waals surface area contributed by atoms with Crippen molar-refractivity contribution in [2.24, 2.45) is 5.73 Å². The number of aromatic hydroxyl groups is 1. The molecule has 5 nitrogen and oxygen atoms in total. The molecule has 19 heavy (non-hydrogen) atoms. The molecule has 0 radical (unpaired) electrons. The van der Waals surface area contributed by atoms with Gasteiger partial charge in [-0.2, -0.15) is 0 Å². The van der Waals surface area contributed by atoms with Gasteiger partial charge in [-0.25, -0.2) is 4.90 Å². The fourth-order valence-electron chi connectivity index (χ4n) is 2.09. The summed E-state index contributed by atoms with van der Waals surface area (Å²) in [6.45, 7) is 2.25. The minimum Gasteiger partial charge on any atom is -0.508 e. The van der Waals surface area contributed by atoms with E-state index in [-0.39, 0.29) is 29.2 Å². The maximum Gasteiger partial charge on any atom is 0.247 e. The van der Waals surface area contributed by atoms with Gasteiger partial charge in [-0.1, -0.05) is 0 Å². The highest BCUT2D eigenvalue weighted by molar-refractivity contribution is 8.00. The van der Waals surface area contributed by atoms with E-state index in [1.54, 1.807) is 13.0 Å². The van der Waals surface area contributed by atoms with Crippen LogP contribution in [0, 0.1) is 6.92 Å². The molecule has 6 heteroatoms. The monoisotopic (exact) mass is 280 g/mol. The molecule has 1 atom stereocenters. The SMILES string of the molecule is Cc1cc(O)ccc1N1C(=O)CC(SCCN)C1=O. The maximum atomic E-state index is 12.2. The molecule has 1 saturated heterocycles. The predicted molar refractivity (Wildman–Crippen MR) is 75.3 cm³/mol. The van der Waals surface area contributed by atoms with E-state index in [4.69, 9.17) is 5.73 Å². The zero-order valence-electron chi connectivity index (χ0n) is 10.6. The van der Waals surface area contributed by atoms with Gasteiger partial charge in [-0.3, -0.25) is 9.59 Å². The number of amides is 2. The van der Waals surface area contributed by atoms with Crippen LogP contribution in [0.25, 0.3) is 0 Å². The van der Waals surface area contributed by atoms with Crippen LogP contribution in [-0.2, 0) is 9.59 Å². The predicted octanol–water partition coefficient (Wildman–Crippen LogP) is 1.02. The lowest BCUT2D eigenvalue weighted by Gasteiger charge is -2.17. The van der Waals surface area contributed by atoms with E-state index in [0.29, 0.717) is 23.5 Å². The molecule has 1 unspecified atom stereocenters. The zero-order valence-corrected chi connectivity index (χ0v) is 11.4. The molecule has 1 fully saturated rings. The Morgan fingerprint density at radius 3 is 2.84 bits per heavy atom. The summed E-state index contributed by atoms with van der Waals surface area (Å²) in [5.74, 6) is 0.381. The minimum absolute atomic E-state index is 0.120. The Morgan fingerprint density at radius 2 is 2.21 bits per heavy atom. The molecular formula is C13H16N2O3S. The van der Waals surface area contributed by atoms with Crippen LogP contribution in [0.3, 0.4) is 0 Å². The molecule has 0 bridgehead atoms. The smallest absolute Gasteiger partial charge is 0.247 e. The van der Waals surface area contributed by atoms with E-state index in [1.165, 1.54) is 28.8 Å². The molecular weight excluding hydrogens is 264 g/mol. The van der Waals surface area contributed by atoms with E-state index < -0.39 is 0 Å². The van der Waals surface area contributed by atoms with E-state index >= 15 is 0 Å². The van der Waals surface area contributed by atoms with Crippen LogP contribution >= 0.6 is 11.8 Å². The lowest BCUT2D eigenvalue weighted by molar-refractivity contribution is -0.121. The molecule has 2 amide bonds. The van der Waals surface area contributed by atoms with Gasteiger partial charge in [0.25, 0.3) is 0 Å².